The summed E-state index contributed by atoms with van der Waals surface area (Å²) in [6.45, 7) is 2.32. The van der Waals surface area contributed by atoms with E-state index in [0.29, 0.717) is 37.2 Å². The number of nitrogens with zero attached hydrogens (tertiary/aromatic N) is 2. The maximum absolute atomic E-state index is 14.3. The Morgan fingerprint density at radius 3 is 2.24 bits per heavy atom. The van der Waals surface area contributed by atoms with Gasteiger partial charge in [0.2, 0.25) is 5.91 Å². The monoisotopic (exact) mass is 599 g/mol. The van der Waals surface area contributed by atoms with Crippen molar-refractivity contribution in [1.82, 2.24) is 4.90 Å². The van der Waals surface area contributed by atoms with Crippen LogP contribution in [0.1, 0.15) is 48.5 Å². The van der Waals surface area contributed by atoms with Crippen molar-refractivity contribution in [2.45, 2.75) is 49.0 Å². The number of amides is 2. The van der Waals surface area contributed by atoms with Gasteiger partial charge in [-0.2, -0.15) is 0 Å². The molecule has 1 N–H and O–H groups in total. The molecule has 214 valence electrons. The topological polar surface area (TPSA) is 86.8 Å². The standard InChI is InChI=1S/C30H28ClF2N3O4S/c1-18(37)35-16-14-30(15-17-35)26-25(13-12-22(27(26)31)29(38)34-24-5-3-2-4-23(24)33)36(28(30)19-6-7-19)41(39,40)21-10-8-20(32)9-11-21/h2-5,8-13,19,28H,6-7,14-17H2,1H3,(H,34,38)/t28-/m1/s1. The quantitative estimate of drug-likeness (QED) is 0.405. The zero-order valence-corrected chi connectivity index (χ0v) is 23.8. The lowest BCUT2D eigenvalue weighted by Gasteiger charge is -2.45. The van der Waals surface area contributed by atoms with Crippen LogP contribution in [-0.2, 0) is 20.2 Å². The molecular weight excluding hydrogens is 572 g/mol. The number of fused-ring (bicyclic) bond motifs is 2. The molecule has 11 heteroatoms. The van der Waals surface area contributed by atoms with Gasteiger partial charge >= 0.3 is 0 Å². The lowest BCUT2D eigenvalue weighted by Crippen LogP contribution is -2.54. The highest BCUT2D eigenvalue weighted by Crippen LogP contribution is 2.61. The van der Waals surface area contributed by atoms with Crippen molar-refractivity contribution < 1.29 is 26.8 Å². The van der Waals surface area contributed by atoms with E-state index < -0.39 is 39.0 Å². The van der Waals surface area contributed by atoms with E-state index in [-0.39, 0.29) is 33.0 Å². The molecule has 2 amide bonds. The summed E-state index contributed by atoms with van der Waals surface area (Å²) in [6, 6.07) is 13.0. The maximum Gasteiger partial charge on any atom is 0.264 e. The predicted octanol–water partition coefficient (Wildman–Crippen LogP) is 5.74. The number of hydrogen-bond acceptors (Lipinski definition) is 4. The maximum atomic E-state index is 14.3. The van der Waals surface area contributed by atoms with Gasteiger partial charge in [0, 0.05) is 31.0 Å². The second-order valence-corrected chi connectivity index (χ2v) is 13.1. The number of nitrogens with one attached hydrogen (secondary N) is 1. The first-order chi connectivity index (χ1) is 19.5. The van der Waals surface area contributed by atoms with E-state index in [1.807, 2.05) is 0 Å². The van der Waals surface area contributed by atoms with E-state index in [1.54, 1.807) is 17.0 Å². The molecule has 7 nitrogen and oxygen atoms in total. The minimum Gasteiger partial charge on any atom is -0.343 e. The van der Waals surface area contributed by atoms with E-state index in [2.05, 4.69) is 5.32 Å². The summed E-state index contributed by atoms with van der Waals surface area (Å²) in [6.07, 6.45) is 2.55. The van der Waals surface area contributed by atoms with Crippen molar-refractivity contribution in [1.29, 1.82) is 0 Å². The van der Waals surface area contributed by atoms with Crippen molar-refractivity contribution in [3.8, 4) is 0 Å². The Hall–Kier alpha value is -3.50. The lowest BCUT2D eigenvalue weighted by molar-refractivity contribution is -0.130. The molecular formula is C30H28ClF2N3O4S. The van der Waals surface area contributed by atoms with E-state index in [1.165, 1.54) is 47.6 Å². The minimum absolute atomic E-state index is 0.00471. The van der Waals surface area contributed by atoms with Crippen LogP contribution in [0, 0.1) is 17.6 Å². The fraction of sp³-hybridized carbons (Fsp3) is 0.333. The third-order valence-corrected chi connectivity index (χ3v) is 10.8. The van der Waals surface area contributed by atoms with Crippen LogP contribution in [0.15, 0.2) is 65.6 Å². The molecule has 3 aromatic carbocycles. The predicted molar refractivity (Wildman–Crippen MR) is 152 cm³/mol. The van der Waals surface area contributed by atoms with E-state index in [4.69, 9.17) is 11.6 Å². The van der Waals surface area contributed by atoms with Gasteiger partial charge < -0.3 is 10.2 Å². The van der Waals surface area contributed by atoms with Crippen LogP contribution in [0.25, 0.3) is 0 Å². The first-order valence-electron chi connectivity index (χ1n) is 13.5. The van der Waals surface area contributed by atoms with Crippen LogP contribution >= 0.6 is 11.6 Å². The third-order valence-electron chi connectivity index (χ3n) is 8.58. The van der Waals surface area contributed by atoms with Gasteiger partial charge in [-0.3, -0.25) is 13.9 Å². The molecule has 0 aromatic heterocycles. The highest BCUT2D eigenvalue weighted by Gasteiger charge is 2.61. The van der Waals surface area contributed by atoms with Crippen LogP contribution in [0.4, 0.5) is 20.2 Å². The van der Waals surface area contributed by atoms with Gasteiger partial charge in [-0.25, -0.2) is 17.2 Å². The average Bonchev–Trinajstić information content (AvgIpc) is 3.74. The highest BCUT2D eigenvalue weighted by molar-refractivity contribution is 7.93. The second kappa shape index (κ2) is 10.1. The molecule has 0 unspecified atom stereocenters. The Kier molecular flexibility index (Phi) is 6.81. The number of hydrogen-bond donors (Lipinski definition) is 1. The molecule has 6 rings (SSSR count). The van der Waals surface area contributed by atoms with Crippen molar-refractivity contribution in [2.24, 2.45) is 5.92 Å². The van der Waals surface area contributed by atoms with Crippen LogP contribution in [0.3, 0.4) is 0 Å². The van der Waals surface area contributed by atoms with Gasteiger partial charge in [0.25, 0.3) is 15.9 Å². The molecule has 1 saturated heterocycles. The summed E-state index contributed by atoms with van der Waals surface area (Å²) >= 11 is 7.04. The van der Waals surface area contributed by atoms with Crippen molar-refractivity contribution in [2.75, 3.05) is 22.7 Å². The van der Waals surface area contributed by atoms with Crippen molar-refractivity contribution in [3.63, 3.8) is 0 Å². The largest absolute Gasteiger partial charge is 0.343 e. The smallest absolute Gasteiger partial charge is 0.264 e. The summed E-state index contributed by atoms with van der Waals surface area (Å²) < 4.78 is 57.9. The van der Waals surface area contributed by atoms with Crippen LogP contribution in [0.2, 0.25) is 5.02 Å². The molecule has 1 spiro atoms. The molecule has 1 atom stereocenters. The van der Waals surface area contributed by atoms with Gasteiger partial charge in [-0.05, 0) is 80.1 Å². The molecule has 3 aromatic rings. The molecule has 1 aliphatic carbocycles. The molecule has 3 aliphatic rings. The first-order valence-corrected chi connectivity index (χ1v) is 15.3. The molecule has 0 bridgehead atoms. The summed E-state index contributed by atoms with van der Waals surface area (Å²) in [5.41, 5.74) is 0.245. The van der Waals surface area contributed by atoms with Gasteiger partial charge in [-0.1, -0.05) is 23.7 Å². The Labute approximate surface area is 242 Å². The number of rotatable bonds is 5. The molecule has 1 saturated carbocycles. The molecule has 2 heterocycles. The summed E-state index contributed by atoms with van der Waals surface area (Å²) in [7, 11) is -4.15. The van der Waals surface area contributed by atoms with Crippen molar-refractivity contribution in [3.05, 3.63) is 88.4 Å². The Morgan fingerprint density at radius 1 is 0.976 bits per heavy atom. The number of carbonyl (C=O) groups excluding carboxylic acids is 2. The van der Waals surface area contributed by atoms with Crippen LogP contribution < -0.4 is 9.62 Å². The third kappa shape index (κ3) is 4.57. The average molecular weight is 600 g/mol. The van der Waals surface area contributed by atoms with Crippen LogP contribution in [0.5, 0.6) is 0 Å². The van der Waals surface area contributed by atoms with Gasteiger partial charge in [0.05, 0.1) is 32.9 Å². The fourth-order valence-electron chi connectivity index (χ4n) is 6.49. The first kappa shape index (κ1) is 27.7. The van der Waals surface area contributed by atoms with Crippen molar-refractivity contribution >= 4 is 44.8 Å². The zero-order chi connectivity index (χ0) is 29.1. The number of sulfonamides is 1. The summed E-state index contributed by atoms with van der Waals surface area (Å²) in [4.78, 5) is 27.3. The Balaban J connectivity index is 1.51. The number of carbonyl (C=O) groups is 2. The van der Waals surface area contributed by atoms with E-state index >= 15 is 0 Å². The fourth-order valence-corrected chi connectivity index (χ4v) is 8.72. The number of piperidine rings is 1. The number of para-hydroxylation sites is 1. The lowest BCUT2D eigenvalue weighted by atomic mass is 9.68. The summed E-state index contributed by atoms with van der Waals surface area (Å²) in [5.74, 6) is -1.79. The summed E-state index contributed by atoms with van der Waals surface area (Å²) in [5, 5.41) is 2.68. The van der Waals surface area contributed by atoms with E-state index in [9.17, 15) is 26.8 Å². The molecule has 0 radical (unpaired) electrons. The Bertz CT molecular complexity index is 1650. The van der Waals surface area contributed by atoms with Gasteiger partial charge in [0.15, 0.2) is 0 Å². The zero-order valence-electron chi connectivity index (χ0n) is 22.2. The number of benzene rings is 3. The van der Waals surface area contributed by atoms with Gasteiger partial charge in [0.1, 0.15) is 11.6 Å². The normalized spacial score (nSPS) is 19.8. The minimum atomic E-state index is -4.15. The highest BCUT2D eigenvalue weighted by atomic mass is 35.5. The van der Waals surface area contributed by atoms with Crippen LogP contribution in [-0.4, -0.2) is 44.3 Å². The molecule has 2 fully saturated rings. The van der Waals surface area contributed by atoms with E-state index in [0.717, 1.165) is 25.0 Å². The molecule has 2 aliphatic heterocycles. The SMILES string of the molecule is CC(=O)N1CCC2(CC1)c1c(ccc(C(=O)Nc3ccccc3F)c1Cl)N(S(=O)(=O)c1ccc(F)cc1)[C@@H]2C1CC1. The number of anilines is 2. The number of halogens is 3. The number of likely N-dealkylation sites (tertiary alicyclic amines) is 1. The second-order valence-electron chi connectivity index (χ2n) is 11.0. The molecule has 41 heavy (non-hydrogen) atoms. The Morgan fingerprint density at radius 2 is 1.63 bits per heavy atom. The van der Waals surface area contributed by atoms with Gasteiger partial charge in [-0.15, -0.1) is 0 Å².